The number of carbonyl (C=O) groups is 1. The highest BCUT2D eigenvalue weighted by Crippen LogP contribution is 2.37. The van der Waals surface area contributed by atoms with Gasteiger partial charge < -0.3 is 10.0 Å². The van der Waals surface area contributed by atoms with Crippen molar-refractivity contribution in [3.63, 3.8) is 0 Å². The van der Waals surface area contributed by atoms with Gasteiger partial charge in [0.05, 0.1) is 18.4 Å². The van der Waals surface area contributed by atoms with Crippen LogP contribution in [0.4, 0.5) is 13.2 Å². The van der Waals surface area contributed by atoms with Crippen molar-refractivity contribution in [3.8, 4) is 23.0 Å². The van der Waals surface area contributed by atoms with E-state index in [1.54, 1.807) is 30.3 Å². The monoisotopic (exact) mass is 468 g/mol. The number of benzene rings is 2. The second kappa shape index (κ2) is 11.1. The molecule has 0 atom stereocenters. The molecule has 0 spiro atoms. The van der Waals surface area contributed by atoms with Crippen LogP contribution in [0.5, 0.6) is 0 Å². The van der Waals surface area contributed by atoms with Crippen LogP contribution < -0.4 is 4.72 Å². The predicted octanol–water partition coefficient (Wildman–Crippen LogP) is 2.48. The van der Waals surface area contributed by atoms with Gasteiger partial charge in [-0.3, -0.25) is 4.79 Å². The standard InChI is InChI=1S/C22H23F3N2O4S/c1-32(30,31)26-12-5-13-27(14-15-28)21(29)11-9-17-8-10-19(18-6-3-2-4-7-18)20(16-17)22(23,24)25/h2-4,6-8,10,16,26,28H,5,12-15H2,1H3. The Morgan fingerprint density at radius 1 is 1.12 bits per heavy atom. The molecule has 0 bridgehead atoms. The first-order chi connectivity index (χ1) is 15.0. The fraction of sp³-hybridized carbons (Fsp3) is 0.318. The smallest absolute Gasteiger partial charge is 0.395 e. The number of aliphatic hydroxyl groups excluding tert-OH is 1. The van der Waals surface area contributed by atoms with Crippen molar-refractivity contribution < 1.29 is 31.5 Å². The summed E-state index contributed by atoms with van der Waals surface area (Å²) in [6.07, 6.45) is -3.32. The molecule has 10 heteroatoms. The zero-order chi connectivity index (χ0) is 23.8. The third kappa shape index (κ3) is 8.00. The molecule has 0 aliphatic heterocycles. The van der Waals surface area contributed by atoms with Crippen molar-refractivity contribution in [1.82, 2.24) is 9.62 Å². The molecule has 32 heavy (non-hydrogen) atoms. The van der Waals surface area contributed by atoms with Gasteiger partial charge in [-0.15, -0.1) is 0 Å². The Labute approximate surface area is 185 Å². The molecule has 2 N–H and O–H groups in total. The molecule has 0 heterocycles. The summed E-state index contributed by atoms with van der Waals surface area (Å²) in [5.74, 6) is 4.07. The summed E-state index contributed by atoms with van der Waals surface area (Å²) in [6, 6.07) is 11.8. The molecule has 0 unspecified atom stereocenters. The van der Waals surface area contributed by atoms with E-state index in [4.69, 9.17) is 5.11 Å². The maximum atomic E-state index is 13.6. The number of halogens is 3. The van der Waals surface area contributed by atoms with Crippen LogP contribution >= 0.6 is 0 Å². The number of alkyl halides is 3. The summed E-state index contributed by atoms with van der Waals surface area (Å²) in [5.41, 5.74) is -0.419. The molecule has 0 aliphatic rings. The van der Waals surface area contributed by atoms with E-state index in [2.05, 4.69) is 16.6 Å². The maximum Gasteiger partial charge on any atom is 0.417 e. The summed E-state index contributed by atoms with van der Waals surface area (Å²) in [7, 11) is -3.36. The van der Waals surface area contributed by atoms with Crippen molar-refractivity contribution in [3.05, 3.63) is 59.7 Å². The highest BCUT2D eigenvalue weighted by atomic mass is 32.2. The van der Waals surface area contributed by atoms with Crippen LogP contribution in [0, 0.1) is 11.8 Å². The zero-order valence-corrected chi connectivity index (χ0v) is 18.1. The van der Waals surface area contributed by atoms with Gasteiger partial charge in [0.2, 0.25) is 10.0 Å². The molecule has 2 aromatic carbocycles. The van der Waals surface area contributed by atoms with Gasteiger partial charge in [0, 0.05) is 31.1 Å². The van der Waals surface area contributed by atoms with Gasteiger partial charge in [0.25, 0.3) is 5.91 Å². The third-order valence-electron chi connectivity index (χ3n) is 4.35. The number of sulfonamides is 1. The molecular formula is C22H23F3N2O4S. The van der Waals surface area contributed by atoms with Crippen LogP contribution in [0.1, 0.15) is 17.5 Å². The van der Waals surface area contributed by atoms with E-state index in [9.17, 15) is 26.4 Å². The summed E-state index contributed by atoms with van der Waals surface area (Å²) >= 11 is 0. The topological polar surface area (TPSA) is 86.7 Å². The molecule has 0 aromatic heterocycles. The van der Waals surface area contributed by atoms with Crippen molar-refractivity contribution in [1.29, 1.82) is 0 Å². The van der Waals surface area contributed by atoms with Crippen LogP contribution in [0.2, 0.25) is 0 Å². The normalized spacial score (nSPS) is 11.5. The first kappa shape index (κ1) is 25.4. The minimum atomic E-state index is -4.61. The van der Waals surface area contributed by atoms with E-state index in [0.717, 1.165) is 12.3 Å². The Balaban J connectivity index is 2.20. The van der Waals surface area contributed by atoms with Gasteiger partial charge in [0.1, 0.15) is 0 Å². The molecule has 172 valence electrons. The molecule has 2 aromatic rings. The molecule has 2 rings (SSSR count). The van der Waals surface area contributed by atoms with Crippen molar-refractivity contribution in [2.24, 2.45) is 0 Å². The zero-order valence-electron chi connectivity index (χ0n) is 17.3. The number of amides is 1. The van der Waals surface area contributed by atoms with Crippen LogP contribution in [-0.2, 0) is 21.0 Å². The van der Waals surface area contributed by atoms with Crippen molar-refractivity contribution in [2.75, 3.05) is 32.5 Å². The summed E-state index contributed by atoms with van der Waals surface area (Å²) in [4.78, 5) is 13.6. The Bertz CT molecular complexity index is 1090. The first-order valence-electron chi connectivity index (χ1n) is 9.64. The molecule has 0 saturated heterocycles. The van der Waals surface area contributed by atoms with E-state index in [1.807, 2.05) is 0 Å². The molecule has 0 radical (unpaired) electrons. The van der Waals surface area contributed by atoms with Crippen LogP contribution in [0.25, 0.3) is 11.1 Å². The number of aliphatic hydroxyl groups is 1. The number of nitrogens with one attached hydrogen (secondary N) is 1. The summed E-state index contributed by atoms with van der Waals surface area (Å²) in [6.45, 7) is -0.154. The van der Waals surface area contributed by atoms with E-state index in [1.165, 1.54) is 17.0 Å². The van der Waals surface area contributed by atoms with Gasteiger partial charge in [0.15, 0.2) is 0 Å². The highest BCUT2D eigenvalue weighted by molar-refractivity contribution is 7.88. The van der Waals surface area contributed by atoms with Crippen LogP contribution in [0.15, 0.2) is 48.5 Å². The van der Waals surface area contributed by atoms with Gasteiger partial charge in [-0.1, -0.05) is 42.3 Å². The van der Waals surface area contributed by atoms with Crippen molar-refractivity contribution in [2.45, 2.75) is 12.6 Å². The number of carbonyl (C=O) groups excluding carboxylic acids is 1. The van der Waals surface area contributed by atoms with Crippen molar-refractivity contribution >= 4 is 15.9 Å². The lowest BCUT2D eigenvalue weighted by Gasteiger charge is -2.18. The molecule has 0 aliphatic carbocycles. The number of hydrogen-bond donors (Lipinski definition) is 2. The molecule has 6 nitrogen and oxygen atoms in total. The van der Waals surface area contributed by atoms with Gasteiger partial charge in [-0.25, -0.2) is 13.1 Å². The van der Waals surface area contributed by atoms with Crippen LogP contribution in [-0.4, -0.2) is 56.8 Å². The van der Waals surface area contributed by atoms with E-state index in [-0.39, 0.29) is 43.8 Å². The maximum absolute atomic E-state index is 13.6. The molecular weight excluding hydrogens is 445 g/mol. The van der Waals surface area contributed by atoms with Gasteiger partial charge in [-0.05, 0) is 29.7 Å². The van der Waals surface area contributed by atoms with E-state index < -0.39 is 27.7 Å². The number of rotatable bonds is 8. The SMILES string of the molecule is CS(=O)(=O)NCCCN(CCO)C(=O)C#Cc1ccc(-c2ccccc2)c(C(F)(F)F)c1. The lowest BCUT2D eigenvalue weighted by molar-refractivity contribution is -0.137. The lowest BCUT2D eigenvalue weighted by Crippen LogP contribution is -2.35. The predicted molar refractivity (Wildman–Crippen MR) is 115 cm³/mol. The largest absolute Gasteiger partial charge is 0.417 e. The fourth-order valence-corrected chi connectivity index (χ4v) is 3.41. The minimum absolute atomic E-state index is 0.00950. The van der Waals surface area contributed by atoms with Gasteiger partial charge in [-0.2, -0.15) is 13.2 Å². The highest BCUT2D eigenvalue weighted by Gasteiger charge is 2.33. The van der Waals surface area contributed by atoms with E-state index >= 15 is 0 Å². The van der Waals surface area contributed by atoms with Crippen LogP contribution in [0.3, 0.4) is 0 Å². The molecule has 0 saturated carbocycles. The minimum Gasteiger partial charge on any atom is -0.395 e. The quantitative estimate of drug-likeness (QED) is 0.461. The Morgan fingerprint density at radius 2 is 1.81 bits per heavy atom. The average molecular weight is 468 g/mol. The average Bonchev–Trinajstić information content (AvgIpc) is 2.73. The second-order valence-electron chi connectivity index (χ2n) is 6.91. The first-order valence-corrected chi connectivity index (χ1v) is 11.5. The Hall–Kier alpha value is -2.87. The van der Waals surface area contributed by atoms with E-state index in [0.29, 0.717) is 5.56 Å². The number of nitrogens with zero attached hydrogens (tertiary/aromatic N) is 1. The summed E-state index contributed by atoms with van der Waals surface area (Å²) in [5, 5.41) is 9.14. The number of hydrogen-bond acceptors (Lipinski definition) is 4. The van der Waals surface area contributed by atoms with Gasteiger partial charge >= 0.3 is 6.18 Å². The molecule has 1 amide bonds. The fourth-order valence-electron chi connectivity index (χ4n) is 2.89. The second-order valence-corrected chi connectivity index (χ2v) is 8.74. The molecule has 0 fully saturated rings. The third-order valence-corrected chi connectivity index (χ3v) is 5.08. The Morgan fingerprint density at radius 3 is 2.41 bits per heavy atom. The Kier molecular flexibility index (Phi) is 8.83. The lowest BCUT2D eigenvalue weighted by atomic mass is 9.97. The summed E-state index contributed by atoms with van der Waals surface area (Å²) < 4.78 is 65.2.